The van der Waals surface area contributed by atoms with Crippen LogP contribution in [0.3, 0.4) is 0 Å². The van der Waals surface area contributed by atoms with E-state index in [1.165, 1.54) is 0 Å². The molecule has 0 heterocycles. The summed E-state index contributed by atoms with van der Waals surface area (Å²) in [7, 11) is 0. The van der Waals surface area contributed by atoms with Crippen molar-refractivity contribution in [3.63, 3.8) is 0 Å². The number of alkyl carbamates (subject to hydrolysis) is 1. The Bertz CT molecular complexity index is 960. The molecule has 0 fully saturated rings. The first-order valence-corrected chi connectivity index (χ1v) is 11.0. The molecule has 2 atom stereocenters. The van der Waals surface area contributed by atoms with Crippen molar-refractivity contribution < 1.29 is 29.3 Å². The topological polar surface area (TPSA) is 125 Å². The molecule has 4 N–H and O–H groups in total. The van der Waals surface area contributed by atoms with Gasteiger partial charge in [-0.1, -0.05) is 62.4 Å². The third-order valence-corrected chi connectivity index (χ3v) is 5.65. The number of aliphatic hydroxyl groups excluding tert-OH is 1. The minimum absolute atomic E-state index is 0.0495. The van der Waals surface area contributed by atoms with E-state index in [1.807, 2.05) is 62.4 Å². The second kappa shape index (κ2) is 11.0. The molecule has 0 aromatic heterocycles. The first kappa shape index (κ1) is 24.3. The van der Waals surface area contributed by atoms with E-state index in [2.05, 4.69) is 10.6 Å². The zero-order valence-corrected chi connectivity index (χ0v) is 18.8. The molecule has 2 aromatic carbocycles. The SMILES string of the molecule is CC(C)C[C@@H](CO)NC(=O)C(CC(=O)O)NC(=O)OCC1c2ccccc2-c2ccccc21. The summed E-state index contributed by atoms with van der Waals surface area (Å²) in [6, 6.07) is 14.0. The zero-order chi connectivity index (χ0) is 24.0. The fourth-order valence-corrected chi connectivity index (χ4v) is 4.22. The molecule has 176 valence electrons. The first-order chi connectivity index (χ1) is 15.8. The van der Waals surface area contributed by atoms with Gasteiger partial charge >= 0.3 is 12.1 Å². The van der Waals surface area contributed by atoms with Gasteiger partial charge in [-0.05, 0) is 34.6 Å². The molecule has 0 radical (unpaired) electrons. The molecule has 3 rings (SSSR count). The van der Waals surface area contributed by atoms with E-state index >= 15 is 0 Å². The third-order valence-electron chi connectivity index (χ3n) is 5.65. The minimum atomic E-state index is -1.32. The molecule has 33 heavy (non-hydrogen) atoms. The molecule has 0 saturated heterocycles. The summed E-state index contributed by atoms with van der Waals surface area (Å²) in [6.45, 7) is 3.65. The Labute approximate surface area is 193 Å². The number of hydrogen-bond donors (Lipinski definition) is 4. The second-order valence-electron chi connectivity index (χ2n) is 8.64. The summed E-state index contributed by atoms with van der Waals surface area (Å²) >= 11 is 0. The number of amides is 2. The average Bonchev–Trinajstić information content (AvgIpc) is 3.10. The number of aliphatic carboxylic acids is 1. The lowest BCUT2D eigenvalue weighted by Crippen LogP contribution is -2.51. The summed E-state index contributed by atoms with van der Waals surface area (Å²) in [6.07, 6.45) is -0.953. The highest BCUT2D eigenvalue weighted by molar-refractivity contribution is 5.89. The number of benzene rings is 2. The Morgan fingerprint density at radius 1 is 0.970 bits per heavy atom. The molecule has 0 saturated carbocycles. The van der Waals surface area contributed by atoms with Crippen molar-refractivity contribution in [3.05, 3.63) is 59.7 Å². The lowest BCUT2D eigenvalue weighted by Gasteiger charge is -2.23. The summed E-state index contributed by atoms with van der Waals surface area (Å²) in [4.78, 5) is 36.3. The smallest absolute Gasteiger partial charge is 0.407 e. The van der Waals surface area contributed by atoms with E-state index in [9.17, 15) is 24.6 Å². The molecule has 1 aliphatic rings. The second-order valence-corrected chi connectivity index (χ2v) is 8.64. The average molecular weight is 455 g/mol. The Hall–Kier alpha value is -3.39. The molecule has 1 aliphatic carbocycles. The summed E-state index contributed by atoms with van der Waals surface area (Å²) in [5.41, 5.74) is 4.27. The molecule has 8 heteroatoms. The minimum Gasteiger partial charge on any atom is -0.481 e. The van der Waals surface area contributed by atoms with Gasteiger partial charge in [-0.15, -0.1) is 0 Å². The maximum atomic E-state index is 12.6. The zero-order valence-electron chi connectivity index (χ0n) is 18.8. The van der Waals surface area contributed by atoms with Crippen molar-refractivity contribution in [2.24, 2.45) is 5.92 Å². The summed E-state index contributed by atoms with van der Waals surface area (Å²) in [5.74, 6) is -1.85. The van der Waals surface area contributed by atoms with Crippen LogP contribution in [0.1, 0.15) is 43.7 Å². The van der Waals surface area contributed by atoms with E-state index in [1.54, 1.807) is 0 Å². The van der Waals surface area contributed by atoms with Gasteiger partial charge in [0.2, 0.25) is 5.91 Å². The number of carbonyl (C=O) groups excluding carboxylic acids is 2. The molecule has 8 nitrogen and oxygen atoms in total. The molecule has 2 amide bonds. The molecule has 0 spiro atoms. The van der Waals surface area contributed by atoms with Crippen LogP contribution in [-0.4, -0.2) is 53.5 Å². The fraction of sp³-hybridized carbons (Fsp3) is 0.400. The van der Waals surface area contributed by atoms with Gasteiger partial charge in [-0.2, -0.15) is 0 Å². The standard InChI is InChI=1S/C25H30N2O6/c1-15(2)11-16(13-28)26-24(31)22(12-23(29)30)27-25(32)33-14-21-19-9-5-3-7-17(19)18-8-4-6-10-20(18)21/h3-10,15-16,21-22,28H,11-14H2,1-2H3,(H,26,31)(H,27,32)(H,29,30)/t16-,22?/m0/s1. The van der Waals surface area contributed by atoms with Gasteiger partial charge in [-0.25, -0.2) is 4.79 Å². The highest BCUT2D eigenvalue weighted by Crippen LogP contribution is 2.44. The van der Waals surface area contributed by atoms with Crippen molar-refractivity contribution in [3.8, 4) is 11.1 Å². The summed E-state index contributed by atoms with van der Waals surface area (Å²) in [5, 5.41) is 23.7. The Balaban J connectivity index is 1.65. The Morgan fingerprint density at radius 2 is 1.55 bits per heavy atom. The van der Waals surface area contributed by atoms with E-state index < -0.39 is 36.5 Å². The number of aliphatic hydroxyl groups is 1. The van der Waals surface area contributed by atoms with Crippen LogP contribution in [0.2, 0.25) is 0 Å². The van der Waals surface area contributed by atoms with Crippen molar-refractivity contribution in [2.75, 3.05) is 13.2 Å². The quantitative estimate of drug-likeness (QED) is 0.438. The largest absolute Gasteiger partial charge is 0.481 e. The van der Waals surface area contributed by atoms with Gasteiger partial charge in [-0.3, -0.25) is 9.59 Å². The Morgan fingerprint density at radius 3 is 2.06 bits per heavy atom. The van der Waals surface area contributed by atoms with Crippen LogP contribution < -0.4 is 10.6 Å². The van der Waals surface area contributed by atoms with Crippen LogP contribution >= 0.6 is 0 Å². The maximum Gasteiger partial charge on any atom is 0.407 e. The molecular weight excluding hydrogens is 424 g/mol. The van der Waals surface area contributed by atoms with E-state index in [0.29, 0.717) is 6.42 Å². The third kappa shape index (κ3) is 6.10. The number of ether oxygens (including phenoxy) is 1. The lowest BCUT2D eigenvalue weighted by molar-refractivity contribution is -0.140. The van der Waals surface area contributed by atoms with Gasteiger partial charge in [0.1, 0.15) is 12.6 Å². The Kier molecular flexibility index (Phi) is 8.06. The van der Waals surface area contributed by atoms with Crippen LogP contribution in [-0.2, 0) is 14.3 Å². The van der Waals surface area contributed by atoms with Crippen LogP contribution in [0.5, 0.6) is 0 Å². The number of hydrogen-bond acceptors (Lipinski definition) is 5. The van der Waals surface area contributed by atoms with Crippen LogP contribution in [0.25, 0.3) is 11.1 Å². The van der Waals surface area contributed by atoms with Crippen molar-refractivity contribution in [1.82, 2.24) is 10.6 Å². The number of nitrogens with one attached hydrogen (secondary N) is 2. The number of carbonyl (C=O) groups is 3. The van der Waals surface area contributed by atoms with Gasteiger partial charge < -0.3 is 25.6 Å². The van der Waals surface area contributed by atoms with Gasteiger partial charge in [0.05, 0.1) is 19.1 Å². The van der Waals surface area contributed by atoms with Crippen molar-refractivity contribution in [2.45, 2.75) is 44.7 Å². The maximum absolute atomic E-state index is 12.6. The molecular formula is C25H30N2O6. The van der Waals surface area contributed by atoms with Crippen LogP contribution in [0.4, 0.5) is 4.79 Å². The van der Waals surface area contributed by atoms with Crippen LogP contribution in [0.15, 0.2) is 48.5 Å². The normalized spacial score (nSPS) is 14.2. The summed E-state index contributed by atoms with van der Waals surface area (Å²) < 4.78 is 5.43. The van der Waals surface area contributed by atoms with Gasteiger partial charge in [0, 0.05) is 5.92 Å². The van der Waals surface area contributed by atoms with E-state index in [-0.39, 0.29) is 25.0 Å². The number of carboxylic acids is 1. The first-order valence-electron chi connectivity index (χ1n) is 11.0. The number of carboxylic acid groups (broad SMARTS) is 1. The fourth-order valence-electron chi connectivity index (χ4n) is 4.22. The van der Waals surface area contributed by atoms with E-state index in [0.717, 1.165) is 22.3 Å². The van der Waals surface area contributed by atoms with E-state index in [4.69, 9.17) is 4.74 Å². The molecule has 0 aliphatic heterocycles. The van der Waals surface area contributed by atoms with Crippen LogP contribution in [0, 0.1) is 5.92 Å². The predicted octanol–water partition coefficient (Wildman–Crippen LogP) is 2.89. The highest BCUT2D eigenvalue weighted by Gasteiger charge is 2.30. The van der Waals surface area contributed by atoms with Crippen molar-refractivity contribution in [1.29, 1.82) is 0 Å². The highest BCUT2D eigenvalue weighted by atomic mass is 16.5. The molecule has 2 aromatic rings. The van der Waals surface area contributed by atoms with Crippen molar-refractivity contribution >= 4 is 18.0 Å². The predicted molar refractivity (Wildman–Crippen MR) is 123 cm³/mol. The number of fused-ring (bicyclic) bond motifs is 3. The monoisotopic (exact) mass is 454 g/mol. The number of rotatable bonds is 10. The van der Waals surface area contributed by atoms with Gasteiger partial charge in [0.15, 0.2) is 0 Å². The molecule has 0 bridgehead atoms. The lowest BCUT2D eigenvalue weighted by atomic mass is 9.98. The van der Waals surface area contributed by atoms with Gasteiger partial charge in [0.25, 0.3) is 0 Å². The molecule has 1 unspecified atom stereocenters.